The molecule has 0 heterocycles. The zero-order valence-electron chi connectivity index (χ0n) is 12.8. The molecule has 3 rings (SSSR count). The van der Waals surface area contributed by atoms with Gasteiger partial charge in [0.1, 0.15) is 0 Å². The van der Waals surface area contributed by atoms with Crippen LogP contribution in [0.25, 0.3) is 0 Å². The molecule has 2 heteroatoms. The van der Waals surface area contributed by atoms with E-state index in [1.54, 1.807) is 0 Å². The fraction of sp³-hybridized carbons (Fsp3) is 0.100. The summed E-state index contributed by atoms with van der Waals surface area (Å²) < 4.78 is 2.51. The van der Waals surface area contributed by atoms with Crippen LogP contribution >= 0.6 is 8.07 Å². The number of hydrogen-bond donors (Lipinski definition) is 0. The van der Waals surface area contributed by atoms with E-state index < -0.39 is 8.07 Å². The van der Waals surface area contributed by atoms with E-state index in [2.05, 4.69) is 103 Å². The Morgan fingerprint density at radius 3 is 1.45 bits per heavy atom. The summed E-state index contributed by atoms with van der Waals surface area (Å²) in [7, 11) is -0.557. The molecule has 0 saturated carbocycles. The summed E-state index contributed by atoms with van der Waals surface area (Å²) in [4.78, 5) is 0. The van der Waals surface area contributed by atoms with Crippen molar-refractivity contribution in [2.24, 2.45) is 0 Å². The van der Waals surface area contributed by atoms with Crippen molar-refractivity contribution in [3.05, 3.63) is 91.0 Å². The summed E-state index contributed by atoms with van der Waals surface area (Å²) >= 11 is 0. The van der Waals surface area contributed by atoms with E-state index in [-0.39, 0.29) is 0 Å². The third kappa shape index (κ3) is 3.21. The lowest BCUT2D eigenvalue weighted by Gasteiger charge is -2.33. The molecule has 22 heavy (non-hydrogen) atoms. The number of para-hydroxylation sites is 1. The van der Waals surface area contributed by atoms with Gasteiger partial charge in [0, 0.05) is 22.8 Å². The number of anilines is 1. The summed E-state index contributed by atoms with van der Waals surface area (Å²) in [6.45, 7) is 3.22. The van der Waals surface area contributed by atoms with Gasteiger partial charge in [0.15, 0.2) is 0 Å². The molecule has 0 bridgehead atoms. The van der Waals surface area contributed by atoms with Crippen molar-refractivity contribution in [2.45, 2.75) is 6.92 Å². The summed E-state index contributed by atoms with van der Waals surface area (Å²) in [5.74, 6) is 0. The van der Waals surface area contributed by atoms with E-state index in [0.29, 0.717) is 0 Å². The van der Waals surface area contributed by atoms with E-state index in [9.17, 15) is 0 Å². The smallest absolute Gasteiger partial charge is 0.0549 e. The fourth-order valence-electron chi connectivity index (χ4n) is 2.61. The monoisotopic (exact) mass is 305 g/mol. The van der Waals surface area contributed by atoms with Crippen LogP contribution in [0.4, 0.5) is 5.69 Å². The van der Waals surface area contributed by atoms with Gasteiger partial charge >= 0.3 is 0 Å². The van der Waals surface area contributed by atoms with Gasteiger partial charge in [-0.05, 0) is 19.1 Å². The minimum absolute atomic E-state index is 0.557. The zero-order chi connectivity index (χ0) is 15.2. The van der Waals surface area contributed by atoms with Crippen molar-refractivity contribution in [2.75, 3.05) is 11.2 Å². The molecular weight excluding hydrogens is 285 g/mol. The first-order valence-corrected chi connectivity index (χ1v) is 8.92. The molecule has 1 nitrogen and oxygen atoms in total. The normalized spacial score (nSPS) is 10.6. The summed E-state index contributed by atoms with van der Waals surface area (Å²) in [6, 6.07) is 32.4. The molecule has 110 valence electrons. The van der Waals surface area contributed by atoms with Gasteiger partial charge in [-0.15, -0.1) is 0 Å². The summed E-state index contributed by atoms with van der Waals surface area (Å²) in [6.07, 6.45) is 0. The highest BCUT2D eigenvalue weighted by molar-refractivity contribution is 7.74. The Morgan fingerprint density at radius 1 is 0.636 bits per heavy atom. The second kappa shape index (κ2) is 7.24. The third-order valence-corrected chi connectivity index (χ3v) is 6.17. The van der Waals surface area contributed by atoms with Gasteiger partial charge < -0.3 is 4.67 Å². The van der Waals surface area contributed by atoms with Gasteiger partial charge in [-0.2, -0.15) is 0 Å². The minimum Gasteiger partial charge on any atom is -0.343 e. The van der Waals surface area contributed by atoms with E-state index in [1.165, 1.54) is 16.3 Å². The van der Waals surface area contributed by atoms with Gasteiger partial charge in [0.05, 0.1) is 8.07 Å². The molecule has 0 aliphatic rings. The largest absolute Gasteiger partial charge is 0.343 e. The molecule has 0 amide bonds. The molecule has 0 unspecified atom stereocenters. The van der Waals surface area contributed by atoms with Crippen LogP contribution in [0, 0.1) is 0 Å². The molecule has 0 spiro atoms. The highest BCUT2D eigenvalue weighted by atomic mass is 31.1. The second-order valence-corrected chi connectivity index (χ2v) is 7.17. The molecular formula is C20H20NP. The maximum atomic E-state index is 2.51. The lowest BCUT2D eigenvalue weighted by molar-refractivity contribution is 1.10. The average Bonchev–Trinajstić information content (AvgIpc) is 2.62. The average molecular weight is 305 g/mol. The van der Waals surface area contributed by atoms with Crippen molar-refractivity contribution in [1.29, 1.82) is 0 Å². The molecule has 0 saturated heterocycles. The van der Waals surface area contributed by atoms with Crippen LogP contribution in [0.5, 0.6) is 0 Å². The van der Waals surface area contributed by atoms with Gasteiger partial charge in [-0.25, -0.2) is 0 Å². The molecule has 3 aromatic rings. The number of hydrogen-bond acceptors (Lipinski definition) is 1. The molecule has 0 aliphatic carbocycles. The highest BCUT2D eigenvalue weighted by Gasteiger charge is 2.21. The van der Waals surface area contributed by atoms with E-state index in [4.69, 9.17) is 0 Å². The van der Waals surface area contributed by atoms with Crippen LogP contribution in [0.1, 0.15) is 6.92 Å². The molecule has 0 radical (unpaired) electrons. The highest BCUT2D eigenvalue weighted by Crippen LogP contribution is 2.41. The first kappa shape index (κ1) is 14.8. The summed E-state index contributed by atoms with van der Waals surface area (Å²) in [5, 5.41) is 2.77. The minimum atomic E-state index is -0.557. The van der Waals surface area contributed by atoms with Crippen LogP contribution < -0.4 is 15.3 Å². The summed E-state index contributed by atoms with van der Waals surface area (Å²) in [5.41, 5.74) is 1.28. The predicted molar refractivity (Wildman–Crippen MR) is 98.5 cm³/mol. The zero-order valence-corrected chi connectivity index (χ0v) is 13.7. The van der Waals surface area contributed by atoms with Crippen molar-refractivity contribution in [3.63, 3.8) is 0 Å². The number of nitrogens with zero attached hydrogens (tertiary/aromatic N) is 1. The van der Waals surface area contributed by atoms with Crippen molar-refractivity contribution >= 4 is 24.4 Å². The van der Waals surface area contributed by atoms with Crippen molar-refractivity contribution in [3.8, 4) is 0 Å². The van der Waals surface area contributed by atoms with Crippen LogP contribution in [0.2, 0.25) is 0 Å². The van der Waals surface area contributed by atoms with E-state index in [1.807, 2.05) is 0 Å². The van der Waals surface area contributed by atoms with Crippen LogP contribution in [-0.2, 0) is 0 Å². The number of rotatable bonds is 5. The van der Waals surface area contributed by atoms with E-state index in [0.717, 1.165) is 6.54 Å². The Morgan fingerprint density at radius 2 is 1.05 bits per heavy atom. The lowest BCUT2D eigenvalue weighted by atomic mass is 10.3. The Kier molecular flexibility index (Phi) is 4.88. The fourth-order valence-corrected chi connectivity index (χ4v) is 5.02. The van der Waals surface area contributed by atoms with Crippen LogP contribution in [-0.4, -0.2) is 6.54 Å². The Bertz CT molecular complexity index is 643. The first-order chi connectivity index (χ1) is 10.9. The Labute approximate surface area is 134 Å². The Balaban J connectivity index is 2.09. The second-order valence-electron chi connectivity index (χ2n) is 5.03. The van der Waals surface area contributed by atoms with Crippen LogP contribution in [0.15, 0.2) is 91.0 Å². The maximum absolute atomic E-state index is 2.51. The van der Waals surface area contributed by atoms with Crippen LogP contribution in [0.3, 0.4) is 0 Å². The van der Waals surface area contributed by atoms with Gasteiger partial charge in [-0.3, -0.25) is 0 Å². The quantitative estimate of drug-likeness (QED) is 0.625. The number of benzene rings is 3. The van der Waals surface area contributed by atoms with Crippen molar-refractivity contribution < 1.29 is 0 Å². The van der Waals surface area contributed by atoms with Gasteiger partial charge in [-0.1, -0.05) is 78.9 Å². The van der Waals surface area contributed by atoms with Gasteiger partial charge in [0.25, 0.3) is 0 Å². The molecule has 3 aromatic carbocycles. The standard InChI is InChI=1S/C20H20NP/c1-2-21(18-12-6-3-7-13-18)22(19-14-8-4-9-15-19)20-16-10-5-11-17-20/h3-17H,2H2,1H3. The third-order valence-electron chi connectivity index (χ3n) is 3.60. The SMILES string of the molecule is CCN(c1ccccc1)P(c1ccccc1)c1ccccc1. The predicted octanol–water partition coefficient (Wildman–Crippen LogP) is 4.56. The Hall–Kier alpha value is -2.11. The molecule has 0 fully saturated rings. The van der Waals surface area contributed by atoms with Crippen molar-refractivity contribution in [1.82, 2.24) is 0 Å². The van der Waals surface area contributed by atoms with E-state index >= 15 is 0 Å². The van der Waals surface area contributed by atoms with Gasteiger partial charge in [0.2, 0.25) is 0 Å². The molecule has 0 atom stereocenters. The maximum Gasteiger partial charge on any atom is 0.0549 e. The lowest BCUT2D eigenvalue weighted by Crippen LogP contribution is -2.28. The molecule has 0 aliphatic heterocycles. The molecule has 0 aromatic heterocycles. The topological polar surface area (TPSA) is 3.24 Å². The molecule has 0 N–H and O–H groups in total. The first-order valence-electron chi connectivity index (χ1n) is 7.63.